The molecule has 3 aromatic rings. The van der Waals surface area contributed by atoms with E-state index in [1.54, 1.807) is 34.9 Å². The zero-order valence-electron chi connectivity index (χ0n) is 13.9. The summed E-state index contributed by atoms with van der Waals surface area (Å²) < 4.78 is 1.65. The van der Waals surface area contributed by atoms with Gasteiger partial charge in [-0.15, -0.1) is 0 Å². The van der Waals surface area contributed by atoms with Crippen LogP contribution in [0, 0.1) is 0 Å². The highest BCUT2D eigenvalue weighted by molar-refractivity contribution is 6.33. The SMILES string of the molecule is CCC(C)N(C)C(=O)c1ccn2ncc(-c3ccccc3Cl)c2n1. The van der Waals surface area contributed by atoms with Crippen LogP contribution in [-0.4, -0.2) is 38.5 Å². The largest absolute Gasteiger partial charge is 0.338 e. The van der Waals surface area contributed by atoms with Gasteiger partial charge in [-0.1, -0.05) is 36.7 Å². The summed E-state index contributed by atoms with van der Waals surface area (Å²) in [5.74, 6) is -0.0989. The number of nitrogens with zero attached hydrogens (tertiary/aromatic N) is 4. The molecular weight excluding hydrogens is 324 g/mol. The van der Waals surface area contributed by atoms with Crippen molar-refractivity contribution in [3.63, 3.8) is 0 Å². The monoisotopic (exact) mass is 342 g/mol. The molecule has 1 amide bonds. The Labute approximate surface area is 145 Å². The van der Waals surface area contributed by atoms with Gasteiger partial charge in [0.1, 0.15) is 5.69 Å². The molecule has 0 N–H and O–H groups in total. The molecule has 124 valence electrons. The van der Waals surface area contributed by atoms with E-state index in [0.717, 1.165) is 17.5 Å². The molecule has 0 aliphatic rings. The molecule has 1 atom stereocenters. The van der Waals surface area contributed by atoms with Crippen LogP contribution in [0.4, 0.5) is 0 Å². The van der Waals surface area contributed by atoms with Crippen LogP contribution >= 0.6 is 11.6 Å². The molecule has 1 unspecified atom stereocenters. The Bertz CT molecular complexity index is 890. The zero-order valence-corrected chi connectivity index (χ0v) is 14.7. The first-order valence-corrected chi connectivity index (χ1v) is 8.27. The number of amides is 1. The summed E-state index contributed by atoms with van der Waals surface area (Å²) in [5.41, 5.74) is 2.67. The molecular formula is C18H19ClN4O. The fourth-order valence-electron chi connectivity index (χ4n) is 2.51. The van der Waals surface area contributed by atoms with Crippen molar-refractivity contribution in [3.05, 3.63) is 53.4 Å². The maximum atomic E-state index is 12.6. The van der Waals surface area contributed by atoms with Gasteiger partial charge >= 0.3 is 0 Å². The van der Waals surface area contributed by atoms with E-state index >= 15 is 0 Å². The van der Waals surface area contributed by atoms with Crippen LogP contribution in [0.25, 0.3) is 16.8 Å². The average Bonchev–Trinajstić information content (AvgIpc) is 3.03. The molecule has 0 saturated heterocycles. The standard InChI is InChI=1S/C18H19ClN4O/c1-4-12(2)22(3)18(24)16-9-10-23-17(21-16)14(11-20-23)13-7-5-6-8-15(13)19/h5-12H,4H2,1-3H3. The smallest absolute Gasteiger partial charge is 0.272 e. The fraction of sp³-hybridized carbons (Fsp3) is 0.278. The lowest BCUT2D eigenvalue weighted by Crippen LogP contribution is -2.35. The fourth-order valence-corrected chi connectivity index (χ4v) is 2.75. The van der Waals surface area contributed by atoms with Crippen molar-refractivity contribution in [2.24, 2.45) is 0 Å². The highest BCUT2D eigenvalue weighted by Crippen LogP contribution is 2.30. The lowest BCUT2D eigenvalue weighted by atomic mass is 10.1. The Kier molecular flexibility index (Phi) is 4.53. The highest BCUT2D eigenvalue weighted by Gasteiger charge is 2.19. The van der Waals surface area contributed by atoms with Gasteiger partial charge in [0.15, 0.2) is 5.65 Å². The summed E-state index contributed by atoms with van der Waals surface area (Å²) in [6.07, 6.45) is 4.36. The molecule has 0 spiro atoms. The van der Waals surface area contributed by atoms with Gasteiger partial charge in [-0.05, 0) is 25.5 Å². The van der Waals surface area contributed by atoms with Gasteiger partial charge in [-0.2, -0.15) is 5.10 Å². The Hall–Kier alpha value is -2.40. The third-order valence-corrected chi connectivity index (χ3v) is 4.65. The van der Waals surface area contributed by atoms with Crippen LogP contribution in [0.1, 0.15) is 30.8 Å². The van der Waals surface area contributed by atoms with E-state index in [4.69, 9.17) is 11.6 Å². The lowest BCUT2D eigenvalue weighted by Gasteiger charge is -2.23. The second kappa shape index (κ2) is 6.61. The van der Waals surface area contributed by atoms with Crippen LogP contribution in [-0.2, 0) is 0 Å². The minimum absolute atomic E-state index is 0.0989. The number of benzene rings is 1. The number of carbonyl (C=O) groups is 1. The summed E-state index contributed by atoms with van der Waals surface area (Å²) in [7, 11) is 1.80. The second-order valence-electron chi connectivity index (χ2n) is 5.79. The summed E-state index contributed by atoms with van der Waals surface area (Å²) in [6.45, 7) is 4.07. The minimum Gasteiger partial charge on any atom is -0.338 e. The lowest BCUT2D eigenvalue weighted by molar-refractivity contribution is 0.0735. The third kappa shape index (κ3) is 2.87. The van der Waals surface area contributed by atoms with Crippen molar-refractivity contribution < 1.29 is 4.79 Å². The van der Waals surface area contributed by atoms with Crippen molar-refractivity contribution in [2.45, 2.75) is 26.3 Å². The first-order valence-electron chi connectivity index (χ1n) is 7.89. The van der Waals surface area contributed by atoms with Gasteiger partial charge in [0.25, 0.3) is 5.91 Å². The predicted molar refractivity (Wildman–Crippen MR) is 95.3 cm³/mol. The van der Waals surface area contributed by atoms with Crippen LogP contribution in [0.5, 0.6) is 0 Å². The normalized spacial score (nSPS) is 12.3. The Morgan fingerprint density at radius 1 is 1.29 bits per heavy atom. The molecule has 0 fully saturated rings. The summed E-state index contributed by atoms with van der Waals surface area (Å²) in [5, 5.41) is 4.93. The van der Waals surface area contributed by atoms with E-state index in [1.165, 1.54) is 0 Å². The van der Waals surface area contributed by atoms with E-state index in [1.807, 2.05) is 31.2 Å². The number of hydrogen-bond donors (Lipinski definition) is 0. The highest BCUT2D eigenvalue weighted by atomic mass is 35.5. The molecule has 0 radical (unpaired) electrons. The van der Waals surface area contributed by atoms with Crippen molar-refractivity contribution in [2.75, 3.05) is 7.05 Å². The summed E-state index contributed by atoms with van der Waals surface area (Å²) in [6, 6.07) is 9.38. The maximum Gasteiger partial charge on any atom is 0.272 e. The van der Waals surface area contributed by atoms with Crippen molar-refractivity contribution in [1.29, 1.82) is 0 Å². The van der Waals surface area contributed by atoms with Gasteiger partial charge in [-0.25, -0.2) is 9.50 Å². The van der Waals surface area contributed by atoms with E-state index in [0.29, 0.717) is 16.4 Å². The van der Waals surface area contributed by atoms with Crippen LogP contribution in [0.15, 0.2) is 42.7 Å². The second-order valence-corrected chi connectivity index (χ2v) is 6.20. The van der Waals surface area contributed by atoms with Crippen molar-refractivity contribution in [1.82, 2.24) is 19.5 Å². The van der Waals surface area contributed by atoms with Gasteiger partial charge < -0.3 is 4.90 Å². The molecule has 3 rings (SSSR count). The van der Waals surface area contributed by atoms with E-state index in [9.17, 15) is 4.79 Å². The third-order valence-electron chi connectivity index (χ3n) is 4.32. The zero-order chi connectivity index (χ0) is 17.3. The molecule has 6 heteroatoms. The van der Waals surface area contributed by atoms with Crippen molar-refractivity contribution in [3.8, 4) is 11.1 Å². The number of halogens is 1. The quantitative estimate of drug-likeness (QED) is 0.722. The predicted octanol–water partition coefficient (Wildman–Crippen LogP) is 3.92. The van der Waals surface area contributed by atoms with E-state index in [2.05, 4.69) is 17.0 Å². The molecule has 0 aliphatic heterocycles. The first-order chi connectivity index (χ1) is 11.5. The van der Waals surface area contributed by atoms with E-state index < -0.39 is 0 Å². The number of carbonyl (C=O) groups excluding carboxylic acids is 1. The molecule has 0 saturated carbocycles. The van der Waals surface area contributed by atoms with Crippen LogP contribution < -0.4 is 0 Å². The molecule has 0 bridgehead atoms. The number of aromatic nitrogens is 3. The number of hydrogen-bond acceptors (Lipinski definition) is 3. The van der Waals surface area contributed by atoms with Crippen LogP contribution in [0.3, 0.4) is 0 Å². The molecule has 24 heavy (non-hydrogen) atoms. The Morgan fingerprint density at radius 2 is 2.04 bits per heavy atom. The van der Waals surface area contributed by atoms with Gasteiger partial charge in [0.2, 0.25) is 0 Å². The summed E-state index contributed by atoms with van der Waals surface area (Å²) >= 11 is 6.29. The number of fused-ring (bicyclic) bond motifs is 1. The Balaban J connectivity index is 2.07. The molecule has 0 aliphatic carbocycles. The van der Waals surface area contributed by atoms with Gasteiger partial charge in [0.05, 0.1) is 6.20 Å². The number of rotatable bonds is 4. The molecule has 2 heterocycles. The Morgan fingerprint density at radius 3 is 2.75 bits per heavy atom. The maximum absolute atomic E-state index is 12.6. The summed E-state index contributed by atoms with van der Waals surface area (Å²) in [4.78, 5) is 18.9. The molecule has 2 aromatic heterocycles. The van der Waals surface area contributed by atoms with Gasteiger partial charge in [0, 0.05) is 35.4 Å². The van der Waals surface area contributed by atoms with Crippen molar-refractivity contribution >= 4 is 23.2 Å². The van der Waals surface area contributed by atoms with Gasteiger partial charge in [-0.3, -0.25) is 4.79 Å². The molecule has 5 nitrogen and oxygen atoms in total. The van der Waals surface area contributed by atoms with E-state index in [-0.39, 0.29) is 11.9 Å². The average molecular weight is 343 g/mol. The minimum atomic E-state index is -0.0989. The first kappa shape index (κ1) is 16.5. The molecule has 1 aromatic carbocycles. The van der Waals surface area contributed by atoms with Crippen LogP contribution in [0.2, 0.25) is 5.02 Å². The topological polar surface area (TPSA) is 50.5 Å².